The molecule has 2 atom stereocenters. The molecule has 0 aliphatic carbocycles. The average molecular weight is 210 g/mol. The topological polar surface area (TPSA) is 29.5 Å². The van der Waals surface area contributed by atoms with Crippen molar-refractivity contribution in [2.45, 2.75) is 31.7 Å². The van der Waals surface area contributed by atoms with Crippen LogP contribution in [0.5, 0.6) is 0 Å². The predicted molar refractivity (Wildman–Crippen MR) is 48.4 cm³/mol. The molecule has 0 spiro atoms. The zero-order chi connectivity index (χ0) is 8.60. The molecule has 2 heterocycles. The second-order valence-corrected chi connectivity index (χ2v) is 6.34. The lowest BCUT2D eigenvalue weighted by molar-refractivity contribution is 0.138. The third kappa shape index (κ3) is 1.56. The van der Waals surface area contributed by atoms with Gasteiger partial charge in [0.25, 0.3) is 0 Å². The van der Waals surface area contributed by atoms with Gasteiger partial charge in [-0.3, -0.25) is 4.57 Å². The molecule has 0 aromatic carbocycles. The van der Waals surface area contributed by atoms with Crippen LogP contribution in [-0.4, -0.2) is 23.9 Å². The molecule has 0 amide bonds. The summed E-state index contributed by atoms with van der Waals surface area (Å²) < 4.78 is 18.6. The summed E-state index contributed by atoms with van der Waals surface area (Å²) in [5, 5.41) is 0. The lowest BCUT2D eigenvalue weighted by Crippen LogP contribution is -2.40. The maximum absolute atomic E-state index is 11.7. The standard InChI is InChI=1S/C7H13ClNO2P/c8-12(10)9-5-2-1-3-7(9)4-6-11-12/h7H,1-6H2/t7-,12-/m0/s1. The van der Waals surface area contributed by atoms with Crippen LogP contribution >= 0.6 is 18.1 Å². The summed E-state index contributed by atoms with van der Waals surface area (Å²) >= 11 is 5.80. The second-order valence-electron chi connectivity index (χ2n) is 3.39. The van der Waals surface area contributed by atoms with Crippen LogP contribution in [0.15, 0.2) is 0 Å². The van der Waals surface area contributed by atoms with Crippen LogP contribution in [-0.2, 0) is 9.09 Å². The fourth-order valence-electron chi connectivity index (χ4n) is 1.97. The average Bonchev–Trinajstić information content (AvgIpc) is 2.04. The lowest BCUT2D eigenvalue weighted by atomic mass is 10.0. The first-order valence-corrected chi connectivity index (χ1v) is 6.90. The van der Waals surface area contributed by atoms with E-state index in [1.165, 1.54) is 6.42 Å². The Balaban J connectivity index is 2.15. The highest BCUT2D eigenvalue weighted by Gasteiger charge is 2.40. The molecule has 2 saturated heterocycles. The van der Waals surface area contributed by atoms with Crippen molar-refractivity contribution < 1.29 is 9.09 Å². The highest BCUT2D eigenvalue weighted by molar-refractivity contribution is 7.83. The highest BCUT2D eigenvalue weighted by atomic mass is 35.7. The van der Waals surface area contributed by atoms with Crippen LogP contribution in [0.1, 0.15) is 25.7 Å². The molecule has 0 N–H and O–H groups in total. The normalized spacial score (nSPS) is 43.9. The van der Waals surface area contributed by atoms with E-state index in [4.69, 9.17) is 15.8 Å². The Morgan fingerprint density at radius 2 is 2.25 bits per heavy atom. The maximum Gasteiger partial charge on any atom is 0.363 e. The minimum atomic E-state index is -2.91. The molecular formula is C7H13ClNO2P. The summed E-state index contributed by atoms with van der Waals surface area (Å²) in [5.74, 6) is 0. The molecule has 2 rings (SSSR count). The van der Waals surface area contributed by atoms with Crippen molar-refractivity contribution in [3.05, 3.63) is 0 Å². The molecule has 70 valence electrons. The van der Waals surface area contributed by atoms with Crippen LogP contribution in [0.25, 0.3) is 0 Å². The van der Waals surface area contributed by atoms with Crippen LogP contribution < -0.4 is 0 Å². The van der Waals surface area contributed by atoms with Crippen LogP contribution in [0, 0.1) is 0 Å². The molecule has 0 unspecified atom stereocenters. The molecule has 0 radical (unpaired) electrons. The number of nitrogens with zero attached hydrogens (tertiary/aromatic N) is 1. The van der Waals surface area contributed by atoms with E-state index >= 15 is 0 Å². The van der Waals surface area contributed by atoms with Gasteiger partial charge in [-0.15, -0.1) is 0 Å². The maximum atomic E-state index is 11.7. The minimum Gasteiger partial charge on any atom is -0.306 e. The molecule has 5 heteroatoms. The van der Waals surface area contributed by atoms with Crippen molar-refractivity contribution in [3.8, 4) is 0 Å². The monoisotopic (exact) mass is 209 g/mol. The molecule has 0 bridgehead atoms. The largest absolute Gasteiger partial charge is 0.363 e. The molecule has 2 aliphatic rings. The first kappa shape index (κ1) is 9.01. The van der Waals surface area contributed by atoms with E-state index in [1.54, 1.807) is 0 Å². The minimum absolute atomic E-state index is 0.413. The highest BCUT2D eigenvalue weighted by Crippen LogP contribution is 2.60. The fourth-order valence-corrected chi connectivity index (χ4v) is 4.25. The molecule has 3 nitrogen and oxygen atoms in total. The predicted octanol–water partition coefficient (Wildman–Crippen LogP) is 2.61. The van der Waals surface area contributed by atoms with Gasteiger partial charge < -0.3 is 4.52 Å². The quantitative estimate of drug-likeness (QED) is 0.575. The van der Waals surface area contributed by atoms with E-state index in [0.29, 0.717) is 12.6 Å². The fraction of sp³-hybridized carbons (Fsp3) is 1.00. The van der Waals surface area contributed by atoms with E-state index in [2.05, 4.69) is 0 Å². The van der Waals surface area contributed by atoms with Crippen molar-refractivity contribution in [1.82, 2.24) is 4.67 Å². The van der Waals surface area contributed by atoms with Crippen LogP contribution in [0.2, 0.25) is 0 Å². The molecule has 0 saturated carbocycles. The Kier molecular flexibility index (Phi) is 2.48. The summed E-state index contributed by atoms with van der Waals surface area (Å²) in [6, 6.07) is 0.413. The Bertz CT molecular complexity index is 221. The third-order valence-electron chi connectivity index (χ3n) is 2.60. The van der Waals surface area contributed by atoms with Gasteiger partial charge in [0.2, 0.25) is 0 Å². The van der Waals surface area contributed by atoms with Gasteiger partial charge >= 0.3 is 6.87 Å². The van der Waals surface area contributed by atoms with Crippen molar-refractivity contribution >= 4 is 18.1 Å². The van der Waals surface area contributed by atoms with Crippen molar-refractivity contribution in [2.75, 3.05) is 13.2 Å². The summed E-state index contributed by atoms with van der Waals surface area (Å²) in [7, 11) is 0. The van der Waals surface area contributed by atoms with Crippen molar-refractivity contribution in [2.24, 2.45) is 0 Å². The number of piperidine rings is 1. The van der Waals surface area contributed by atoms with Gasteiger partial charge in [0, 0.05) is 12.6 Å². The molecular weight excluding hydrogens is 197 g/mol. The molecule has 2 fully saturated rings. The van der Waals surface area contributed by atoms with Crippen molar-refractivity contribution in [3.63, 3.8) is 0 Å². The molecule has 12 heavy (non-hydrogen) atoms. The first-order chi connectivity index (χ1) is 5.70. The lowest BCUT2D eigenvalue weighted by Gasteiger charge is -2.40. The Morgan fingerprint density at radius 1 is 1.42 bits per heavy atom. The number of halogens is 1. The summed E-state index contributed by atoms with van der Waals surface area (Å²) in [4.78, 5) is 0. The van der Waals surface area contributed by atoms with Crippen LogP contribution in [0.3, 0.4) is 0 Å². The van der Waals surface area contributed by atoms with Gasteiger partial charge in [0.05, 0.1) is 6.61 Å². The molecule has 2 aliphatic heterocycles. The second kappa shape index (κ2) is 3.30. The third-order valence-corrected chi connectivity index (χ3v) is 5.12. The zero-order valence-corrected chi connectivity index (χ0v) is 8.56. The number of fused-ring (bicyclic) bond motifs is 1. The van der Waals surface area contributed by atoms with Gasteiger partial charge in [-0.1, -0.05) is 6.42 Å². The van der Waals surface area contributed by atoms with E-state index in [9.17, 15) is 4.57 Å². The molecule has 0 aromatic rings. The van der Waals surface area contributed by atoms with Crippen molar-refractivity contribution in [1.29, 1.82) is 0 Å². The van der Waals surface area contributed by atoms with Gasteiger partial charge in [0.15, 0.2) is 0 Å². The zero-order valence-electron chi connectivity index (χ0n) is 6.91. The number of rotatable bonds is 0. The van der Waals surface area contributed by atoms with E-state index in [0.717, 1.165) is 25.8 Å². The Labute approximate surface area is 77.3 Å². The van der Waals surface area contributed by atoms with Gasteiger partial charge in [-0.2, -0.15) is 0 Å². The smallest absolute Gasteiger partial charge is 0.306 e. The number of hydrogen-bond acceptors (Lipinski definition) is 2. The van der Waals surface area contributed by atoms with Gasteiger partial charge in [-0.25, -0.2) is 4.67 Å². The summed E-state index contributed by atoms with van der Waals surface area (Å²) in [6.07, 6.45) is 4.44. The number of hydrogen-bond donors (Lipinski definition) is 0. The first-order valence-electron chi connectivity index (χ1n) is 4.41. The van der Waals surface area contributed by atoms with E-state index < -0.39 is 6.87 Å². The summed E-state index contributed by atoms with van der Waals surface area (Å²) in [6.45, 7) is -1.52. The van der Waals surface area contributed by atoms with Gasteiger partial charge in [0.1, 0.15) is 0 Å². The Hall–Kier alpha value is 0.440. The summed E-state index contributed by atoms with van der Waals surface area (Å²) in [5.41, 5.74) is 0. The Morgan fingerprint density at radius 3 is 3.00 bits per heavy atom. The molecule has 0 aromatic heterocycles. The van der Waals surface area contributed by atoms with Crippen LogP contribution in [0.4, 0.5) is 0 Å². The SMILES string of the molecule is O=[P@@]1(Cl)OCC[C@@H]2CCCCN21. The van der Waals surface area contributed by atoms with Gasteiger partial charge in [-0.05, 0) is 30.5 Å². The van der Waals surface area contributed by atoms with E-state index in [1.807, 2.05) is 4.67 Å². The van der Waals surface area contributed by atoms with E-state index in [-0.39, 0.29) is 0 Å².